The van der Waals surface area contributed by atoms with Gasteiger partial charge in [0.25, 0.3) is 0 Å². The van der Waals surface area contributed by atoms with Gasteiger partial charge in [0, 0.05) is 44.0 Å². The van der Waals surface area contributed by atoms with Crippen LogP contribution >= 0.6 is 0 Å². The van der Waals surface area contributed by atoms with Crippen LogP contribution < -0.4 is 9.47 Å². The van der Waals surface area contributed by atoms with Crippen LogP contribution in [0.3, 0.4) is 0 Å². The van der Waals surface area contributed by atoms with Gasteiger partial charge in [0.15, 0.2) is 0 Å². The molecule has 2 heterocycles. The number of hydrogen-bond acceptors (Lipinski definition) is 7. The third-order valence-corrected chi connectivity index (χ3v) is 8.76. The second-order valence-electron chi connectivity index (χ2n) is 9.69. The van der Waals surface area contributed by atoms with Gasteiger partial charge >= 0.3 is 0 Å². The summed E-state index contributed by atoms with van der Waals surface area (Å²) < 4.78 is 40.8. The Balaban J connectivity index is 1.73. The molecule has 0 aliphatic carbocycles. The normalized spacial score (nSPS) is 20.4. The van der Waals surface area contributed by atoms with E-state index in [-0.39, 0.29) is 30.1 Å². The van der Waals surface area contributed by atoms with Crippen molar-refractivity contribution in [3.8, 4) is 22.6 Å². The van der Waals surface area contributed by atoms with Gasteiger partial charge in [-0.25, -0.2) is 8.42 Å². The van der Waals surface area contributed by atoms with Gasteiger partial charge in [0.2, 0.25) is 10.0 Å². The third-order valence-electron chi connectivity index (χ3n) is 6.74. The van der Waals surface area contributed by atoms with Crippen LogP contribution in [-0.2, 0) is 16.6 Å². The standard InChI is InChI=1S/C28H35N3O5S/c1-20-16-31(21(2)19-32)37(33,34)28-11-10-24(23-8-5-9-25(13-23)35-4)14-26(28)36-27(20)18-30(3)17-22-7-6-12-29-15-22/h5-15,20-21,27,32H,16-19H2,1-4H3/t20-,21-,27-/m1/s1. The van der Waals surface area contributed by atoms with Crippen LogP contribution in [0.2, 0.25) is 0 Å². The molecule has 2 aromatic carbocycles. The first-order chi connectivity index (χ1) is 17.7. The molecule has 0 bridgehead atoms. The van der Waals surface area contributed by atoms with Crippen molar-refractivity contribution in [2.75, 3.05) is 33.9 Å². The summed E-state index contributed by atoms with van der Waals surface area (Å²) in [5, 5.41) is 9.87. The van der Waals surface area contributed by atoms with Crippen LogP contribution in [0.15, 0.2) is 71.9 Å². The lowest BCUT2D eigenvalue weighted by Crippen LogP contribution is -2.49. The van der Waals surface area contributed by atoms with Crippen molar-refractivity contribution in [3.05, 3.63) is 72.6 Å². The van der Waals surface area contributed by atoms with Crippen LogP contribution in [0.4, 0.5) is 0 Å². The summed E-state index contributed by atoms with van der Waals surface area (Å²) in [6.45, 7) is 4.96. The Bertz CT molecular complexity index is 1300. The zero-order valence-electron chi connectivity index (χ0n) is 21.7. The van der Waals surface area contributed by atoms with E-state index in [4.69, 9.17) is 9.47 Å². The third kappa shape index (κ3) is 6.13. The Kier molecular flexibility index (Phi) is 8.49. The number of nitrogens with zero attached hydrogens (tertiary/aromatic N) is 3. The minimum atomic E-state index is -3.90. The maximum atomic E-state index is 13.7. The summed E-state index contributed by atoms with van der Waals surface area (Å²) >= 11 is 0. The fourth-order valence-corrected chi connectivity index (χ4v) is 6.43. The highest BCUT2D eigenvalue weighted by Crippen LogP contribution is 2.37. The van der Waals surface area contributed by atoms with Gasteiger partial charge < -0.3 is 14.6 Å². The van der Waals surface area contributed by atoms with Crippen LogP contribution in [0.25, 0.3) is 11.1 Å². The van der Waals surface area contributed by atoms with Crippen LogP contribution in [-0.4, -0.2) is 73.7 Å². The molecule has 198 valence electrons. The zero-order chi connectivity index (χ0) is 26.6. The first kappa shape index (κ1) is 27.1. The quantitative estimate of drug-likeness (QED) is 0.480. The molecule has 37 heavy (non-hydrogen) atoms. The first-order valence-corrected chi connectivity index (χ1v) is 13.8. The van der Waals surface area contributed by atoms with E-state index >= 15 is 0 Å². The number of aromatic nitrogens is 1. The second-order valence-corrected chi connectivity index (χ2v) is 11.6. The Morgan fingerprint density at radius 2 is 1.97 bits per heavy atom. The van der Waals surface area contributed by atoms with Gasteiger partial charge in [-0.3, -0.25) is 9.88 Å². The minimum absolute atomic E-state index is 0.103. The molecule has 1 N–H and O–H groups in total. The Morgan fingerprint density at radius 1 is 1.19 bits per heavy atom. The van der Waals surface area contributed by atoms with Gasteiger partial charge in [0.05, 0.1) is 13.7 Å². The summed E-state index contributed by atoms with van der Waals surface area (Å²) in [5.74, 6) is 0.889. The van der Waals surface area contributed by atoms with E-state index in [1.807, 2.05) is 56.6 Å². The van der Waals surface area contributed by atoms with E-state index in [0.717, 1.165) is 16.7 Å². The van der Waals surface area contributed by atoms with Crippen molar-refractivity contribution >= 4 is 10.0 Å². The average molecular weight is 526 g/mol. The largest absolute Gasteiger partial charge is 0.497 e. The maximum absolute atomic E-state index is 13.7. The minimum Gasteiger partial charge on any atom is -0.497 e. The number of sulfonamides is 1. The Morgan fingerprint density at radius 3 is 2.68 bits per heavy atom. The predicted octanol–water partition coefficient (Wildman–Crippen LogP) is 3.66. The lowest BCUT2D eigenvalue weighted by molar-refractivity contribution is 0.0734. The smallest absolute Gasteiger partial charge is 0.247 e. The molecule has 0 saturated heterocycles. The summed E-state index contributed by atoms with van der Waals surface area (Å²) in [4.78, 5) is 6.45. The van der Waals surface area contributed by atoms with E-state index in [1.165, 1.54) is 4.31 Å². The number of aliphatic hydroxyl groups excluding tert-OH is 1. The second kappa shape index (κ2) is 11.6. The topological polar surface area (TPSA) is 92.2 Å². The van der Waals surface area contributed by atoms with Gasteiger partial charge in [-0.15, -0.1) is 0 Å². The molecule has 1 aromatic heterocycles. The maximum Gasteiger partial charge on any atom is 0.247 e. The number of likely N-dealkylation sites (N-methyl/N-ethyl adjacent to an activating group) is 1. The number of ether oxygens (including phenoxy) is 2. The predicted molar refractivity (Wildman–Crippen MR) is 143 cm³/mol. The molecular weight excluding hydrogens is 490 g/mol. The number of methoxy groups -OCH3 is 1. The highest BCUT2D eigenvalue weighted by atomic mass is 32.2. The number of pyridine rings is 1. The molecule has 4 rings (SSSR count). The summed E-state index contributed by atoms with van der Waals surface area (Å²) in [5.41, 5.74) is 2.80. The van der Waals surface area contributed by atoms with Crippen molar-refractivity contribution in [2.45, 2.75) is 37.4 Å². The highest BCUT2D eigenvalue weighted by Gasteiger charge is 2.38. The van der Waals surface area contributed by atoms with E-state index in [1.54, 1.807) is 38.4 Å². The lowest BCUT2D eigenvalue weighted by Gasteiger charge is -2.37. The average Bonchev–Trinajstić information content (AvgIpc) is 2.90. The molecule has 3 aromatic rings. The molecular formula is C28H35N3O5S. The van der Waals surface area contributed by atoms with Crippen molar-refractivity contribution in [3.63, 3.8) is 0 Å². The first-order valence-electron chi connectivity index (χ1n) is 12.4. The number of benzene rings is 2. The summed E-state index contributed by atoms with van der Waals surface area (Å²) in [7, 11) is -0.272. The molecule has 0 fully saturated rings. The van der Waals surface area contributed by atoms with Gasteiger partial charge in [-0.2, -0.15) is 4.31 Å². The molecule has 8 nitrogen and oxygen atoms in total. The number of hydrogen-bond donors (Lipinski definition) is 1. The number of rotatable bonds is 8. The Hall–Kier alpha value is -2.98. The van der Waals surface area contributed by atoms with Crippen molar-refractivity contribution in [1.82, 2.24) is 14.2 Å². The van der Waals surface area contributed by atoms with Crippen molar-refractivity contribution < 1.29 is 23.0 Å². The zero-order valence-corrected chi connectivity index (χ0v) is 22.6. The molecule has 0 radical (unpaired) electrons. The van der Waals surface area contributed by atoms with Gasteiger partial charge in [-0.1, -0.05) is 31.2 Å². The fraction of sp³-hybridized carbons (Fsp3) is 0.393. The molecule has 0 spiro atoms. The van der Waals surface area contributed by atoms with Crippen molar-refractivity contribution in [1.29, 1.82) is 0 Å². The molecule has 3 atom stereocenters. The van der Waals surface area contributed by atoms with Gasteiger partial charge in [-0.05, 0) is 61.0 Å². The number of fused-ring (bicyclic) bond motifs is 1. The van der Waals surface area contributed by atoms with Crippen molar-refractivity contribution in [2.24, 2.45) is 5.92 Å². The van der Waals surface area contributed by atoms with Crippen LogP contribution in [0.5, 0.6) is 11.5 Å². The van der Waals surface area contributed by atoms with E-state index < -0.39 is 16.1 Å². The molecule has 9 heteroatoms. The fourth-order valence-electron chi connectivity index (χ4n) is 4.60. The van der Waals surface area contributed by atoms with E-state index in [9.17, 15) is 13.5 Å². The van der Waals surface area contributed by atoms with Crippen LogP contribution in [0.1, 0.15) is 19.4 Å². The SMILES string of the molecule is COc1cccc(-c2ccc3c(c2)O[C@H](CN(C)Cc2cccnc2)[C@H](C)CN([C@H](C)CO)S3(=O)=O)c1. The number of aliphatic hydroxyl groups is 1. The summed E-state index contributed by atoms with van der Waals surface area (Å²) in [6, 6.07) is 16.2. The monoisotopic (exact) mass is 525 g/mol. The molecule has 0 unspecified atom stereocenters. The lowest BCUT2D eigenvalue weighted by atomic mass is 10.0. The summed E-state index contributed by atoms with van der Waals surface area (Å²) in [6.07, 6.45) is 3.30. The highest BCUT2D eigenvalue weighted by molar-refractivity contribution is 7.89. The molecule has 1 aliphatic heterocycles. The van der Waals surface area contributed by atoms with E-state index in [0.29, 0.717) is 24.6 Å². The van der Waals surface area contributed by atoms with Gasteiger partial charge in [0.1, 0.15) is 22.5 Å². The molecule has 0 amide bonds. The van der Waals surface area contributed by atoms with Crippen LogP contribution in [0, 0.1) is 5.92 Å². The molecule has 1 aliphatic rings. The molecule has 0 saturated carbocycles. The Labute approximate surface area is 219 Å². The van der Waals surface area contributed by atoms with E-state index in [2.05, 4.69) is 9.88 Å².